The molecule has 3 N–H and O–H groups in total. The molecule has 0 aliphatic carbocycles. The maximum Gasteiger partial charge on any atom is 0.200 e. The quantitative estimate of drug-likeness (QED) is 0.466. The maximum atomic E-state index is 10.1. The summed E-state index contributed by atoms with van der Waals surface area (Å²) in [4.78, 5) is 6.92. The van der Waals surface area contributed by atoms with Gasteiger partial charge in [-0.3, -0.25) is 9.89 Å². The molecule has 1 saturated heterocycles. The summed E-state index contributed by atoms with van der Waals surface area (Å²) in [6, 6.07) is 15.1. The molecule has 1 aliphatic heterocycles. The zero-order valence-corrected chi connectivity index (χ0v) is 18.9. The molecule has 2 unspecified atom stereocenters. The number of hydrogen-bond acceptors (Lipinski definition) is 5. The van der Waals surface area contributed by atoms with E-state index in [0.717, 1.165) is 37.5 Å². The number of guanidine groups is 1. The van der Waals surface area contributed by atoms with E-state index in [0.29, 0.717) is 30.1 Å². The molecule has 0 spiro atoms. The highest BCUT2D eigenvalue weighted by Gasteiger charge is 2.26. The van der Waals surface area contributed by atoms with Crippen molar-refractivity contribution in [2.45, 2.75) is 44.9 Å². The number of ether oxygens (including phenoxy) is 2. The minimum absolute atomic E-state index is 0.00695. The molecule has 2 atom stereocenters. The maximum absolute atomic E-state index is 10.1. The Balaban J connectivity index is 1.53. The molecule has 1 heterocycles. The number of phenols is 1. The van der Waals surface area contributed by atoms with Crippen LogP contribution in [0.5, 0.6) is 17.2 Å². The van der Waals surface area contributed by atoms with Gasteiger partial charge in [0.05, 0.1) is 14.2 Å². The molecule has 0 saturated carbocycles. The predicted molar refractivity (Wildman–Crippen MR) is 124 cm³/mol. The first-order chi connectivity index (χ1) is 15.0. The summed E-state index contributed by atoms with van der Waals surface area (Å²) in [5, 5.41) is 17.0. The molecule has 0 bridgehead atoms. The van der Waals surface area contributed by atoms with Crippen molar-refractivity contribution in [1.82, 2.24) is 15.5 Å². The fourth-order valence-electron chi connectivity index (χ4n) is 4.03. The molecule has 2 aromatic carbocycles. The number of phenolic OH excluding ortho intramolecular Hbond substituents is 1. The molecule has 168 valence electrons. The van der Waals surface area contributed by atoms with Gasteiger partial charge in [0.15, 0.2) is 17.5 Å². The van der Waals surface area contributed by atoms with E-state index in [9.17, 15) is 5.11 Å². The van der Waals surface area contributed by atoms with E-state index in [-0.39, 0.29) is 5.75 Å². The van der Waals surface area contributed by atoms with Crippen LogP contribution in [0.3, 0.4) is 0 Å². The van der Waals surface area contributed by atoms with Gasteiger partial charge >= 0.3 is 0 Å². The molecule has 0 aromatic heterocycles. The first kappa shape index (κ1) is 22.7. The minimum atomic E-state index is 0.00695. The highest BCUT2D eigenvalue weighted by Crippen LogP contribution is 2.37. The number of nitrogens with one attached hydrogen (secondary N) is 2. The van der Waals surface area contributed by atoms with Crippen molar-refractivity contribution in [3.63, 3.8) is 0 Å². The monoisotopic (exact) mass is 426 g/mol. The van der Waals surface area contributed by atoms with Crippen LogP contribution in [-0.2, 0) is 13.1 Å². The van der Waals surface area contributed by atoms with Crippen molar-refractivity contribution in [1.29, 1.82) is 0 Å². The van der Waals surface area contributed by atoms with Crippen molar-refractivity contribution in [2.75, 3.05) is 27.8 Å². The summed E-state index contributed by atoms with van der Waals surface area (Å²) in [5.74, 6) is 1.55. The molecule has 1 aliphatic rings. The molecule has 7 nitrogen and oxygen atoms in total. The van der Waals surface area contributed by atoms with Gasteiger partial charge in [-0.15, -0.1) is 0 Å². The highest BCUT2D eigenvalue weighted by molar-refractivity contribution is 5.80. The predicted octanol–water partition coefficient (Wildman–Crippen LogP) is 3.13. The van der Waals surface area contributed by atoms with Gasteiger partial charge in [0.25, 0.3) is 0 Å². The fourth-order valence-corrected chi connectivity index (χ4v) is 4.03. The lowest BCUT2D eigenvalue weighted by molar-refractivity contribution is 0.134. The van der Waals surface area contributed by atoms with E-state index in [4.69, 9.17) is 9.47 Å². The van der Waals surface area contributed by atoms with Gasteiger partial charge in [-0.1, -0.05) is 30.3 Å². The Morgan fingerprint density at radius 3 is 2.39 bits per heavy atom. The average Bonchev–Trinajstić information content (AvgIpc) is 2.79. The number of benzene rings is 2. The standard InChI is InChI=1S/C24H34N4O3/c1-17-12-20(10-11-28(17)16-18-8-6-5-7-9-18)27-24(25-2)26-15-19-13-21(30-3)23(29)22(14-19)31-4/h5-9,13-14,17,20,29H,10-12,15-16H2,1-4H3,(H2,25,26,27). The highest BCUT2D eigenvalue weighted by atomic mass is 16.5. The number of methoxy groups -OCH3 is 2. The second-order valence-electron chi connectivity index (χ2n) is 7.95. The van der Waals surface area contributed by atoms with Gasteiger partial charge in [-0.25, -0.2) is 0 Å². The topological polar surface area (TPSA) is 78.4 Å². The molecular formula is C24H34N4O3. The average molecular weight is 427 g/mol. The van der Waals surface area contributed by atoms with E-state index in [1.54, 1.807) is 19.2 Å². The number of rotatable bonds is 7. The SMILES string of the molecule is CN=C(NCc1cc(OC)c(O)c(OC)c1)NC1CCN(Cc2ccccc2)C(C)C1. The van der Waals surface area contributed by atoms with Crippen molar-refractivity contribution >= 4 is 5.96 Å². The van der Waals surface area contributed by atoms with Gasteiger partial charge in [0, 0.05) is 38.8 Å². The van der Waals surface area contributed by atoms with Gasteiger partial charge in [-0.2, -0.15) is 0 Å². The Labute approximate surface area is 185 Å². The van der Waals surface area contributed by atoms with Crippen LogP contribution in [0.25, 0.3) is 0 Å². The van der Waals surface area contributed by atoms with Crippen molar-refractivity contribution in [3.05, 3.63) is 53.6 Å². The van der Waals surface area contributed by atoms with E-state index in [1.165, 1.54) is 19.8 Å². The van der Waals surface area contributed by atoms with Crippen LogP contribution >= 0.6 is 0 Å². The third-order valence-electron chi connectivity index (χ3n) is 5.81. The second kappa shape index (κ2) is 10.9. The summed E-state index contributed by atoms with van der Waals surface area (Å²) in [6.07, 6.45) is 2.13. The van der Waals surface area contributed by atoms with Crippen molar-refractivity contribution in [3.8, 4) is 17.2 Å². The van der Waals surface area contributed by atoms with Crippen LogP contribution in [0.4, 0.5) is 0 Å². The Hall–Kier alpha value is -2.93. The minimum Gasteiger partial charge on any atom is -0.502 e. The summed E-state index contributed by atoms with van der Waals surface area (Å²) in [6.45, 7) is 4.88. The second-order valence-corrected chi connectivity index (χ2v) is 7.95. The Kier molecular flexibility index (Phi) is 8.00. The van der Waals surface area contributed by atoms with E-state index >= 15 is 0 Å². The smallest absolute Gasteiger partial charge is 0.200 e. The Morgan fingerprint density at radius 1 is 1.13 bits per heavy atom. The molecule has 0 amide bonds. The number of hydrogen-bond donors (Lipinski definition) is 3. The third-order valence-corrected chi connectivity index (χ3v) is 5.81. The Morgan fingerprint density at radius 2 is 1.81 bits per heavy atom. The summed E-state index contributed by atoms with van der Waals surface area (Å²) in [7, 11) is 4.83. The van der Waals surface area contributed by atoms with Crippen molar-refractivity contribution in [2.24, 2.45) is 4.99 Å². The van der Waals surface area contributed by atoms with Gasteiger partial charge in [0.1, 0.15) is 0 Å². The number of aromatic hydroxyl groups is 1. The largest absolute Gasteiger partial charge is 0.502 e. The van der Waals surface area contributed by atoms with Gasteiger partial charge < -0.3 is 25.2 Å². The molecule has 3 rings (SSSR count). The van der Waals surface area contributed by atoms with E-state index in [1.807, 2.05) is 0 Å². The summed E-state index contributed by atoms with van der Waals surface area (Å²) >= 11 is 0. The van der Waals surface area contributed by atoms with Crippen LogP contribution < -0.4 is 20.1 Å². The van der Waals surface area contributed by atoms with E-state index in [2.05, 4.69) is 57.8 Å². The molecule has 2 aromatic rings. The molecular weight excluding hydrogens is 392 g/mol. The van der Waals surface area contributed by atoms with Gasteiger partial charge in [0.2, 0.25) is 5.75 Å². The molecule has 31 heavy (non-hydrogen) atoms. The summed E-state index contributed by atoms with van der Waals surface area (Å²) in [5.41, 5.74) is 2.29. The van der Waals surface area contributed by atoms with Crippen LogP contribution in [0, 0.1) is 0 Å². The molecule has 1 fully saturated rings. The Bertz CT molecular complexity index is 847. The normalized spacial score (nSPS) is 19.7. The van der Waals surface area contributed by atoms with Crippen LogP contribution in [0.15, 0.2) is 47.5 Å². The number of aliphatic imine (C=N–C) groups is 1. The molecule has 0 radical (unpaired) electrons. The summed E-state index contributed by atoms with van der Waals surface area (Å²) < 4.78 is 10.5. The van der Waals surface area contributed by atoms with Crippen LogP contribution in [0.1, 0.15) is 30.9 Å². The first-order valence-corrected chi connectivity index (χ1v) is 10.7. The zero-order valence-electron chi connectivity index (χ0n) is 18.9. The van der Waals surface area contributed by atoms with Crippen molar-refractivity contribution < 1.29 is 14.6 Å². The fraction of sp³-hybridized carbons (Fsp3) is 0.458. The van der Waals surface area contributed by atoms with Crippen LogP contribution in [0.2, 0.25) is 0 Å². The van der Waals surface area contributed by atoms with Gasteiger partial charge in [-0.05, 0) is 43.0 Å². The van der Waals surface area contributed by atoms with Crippen LogP contribution in [-0.4, -0.2) is 55.9 Å². The first-order valence-electron chi connectivity index (χ1n) is 10.7. The lowest BCUT2D eigenvalue weighted by atomic mass is 9.97. The lowest BCUT2D eigenvalue weighted by Gasteiger charge is -2.38. The van der Waals surface area contributed by atoms with E-state index < -0.39 is 0 Å². The lowest BCUT2D eigenvalue weighted by Crippen LogP contribution is -2.51. The number of likely N-dealkylation sites (tertiary alicyclic amines) is 1. The zero-order chi connectivity index (χ0) is 22.2. The molecule has 7 heteroatoms. The number of piperidine rings is 1. The number of nitrogens with zero attached hydrogens (tertiary/aromatic N) is 2. The third kappa shape index (κ3) is 6.04.